The number of hydrogen-bond acceptors (Lipinski definition) is 6. The average molecular weight is 375 g/mol. The van der Waals surface area contributed by atoms with Gasteiger partial charge in [-0.3, -0.25) is 4.79 Å². The monoisotopic (exact) mass is 375 g/mol. The van der Waals surface area contributed by atoms with Crippen molar-refractivity contribution >= 4 is 24.1 Å². The van der Waals surface area contributed by atoms with E-state index in [0.717, 1.165) is 0 Å². The van der Waals surface area contributed by atoms with Gasteiger partial charge in [-0.05, 0) is 41.5 Å². The van der Waals surface area contributed by atoms with Crippen molar-refractivity contribution in [3.8, 4) is 0 Å². The van der Waals surface area contributed by atoms with Gasteiger partial charge in [-0.25, -0.2) is 14.4 Å². The Bertz CT molecular complexity index is 521. The van der Waals surface area contributed by atoms with Gasteiger partial charge in [0.25, 0.3) is 0 Å². The van der Waals surface area contributed by atoms with Crippen LogP contribution in [-0.4, -0.2) is 59.5 Å². The smallest absolute Gasteiger partial charge is 0.408 e. The molecule has 0 aliphatic rings. The topological polar surface area (TPSA) is 143 Å². The molecule has 150 valence electrons. The molecule has 1 atom stereocenters. The average Bonchev–Trinajstić information content (AvgIpc) is 2.38. The Kier molecular flexibility index (Phi) is 8.88. The molecule has 0 aromatic heterocycles. The van der Waals surface area contributed by atoms with Crippen LogP contribution in [0.3, 0.4) is 0 Å². The lowest BCUT2D eigenvalue weighted by Gasteiger charge is -2.22. The molecule has 0 heterocycles. The fraction of sp³-hybridized carbons (Fsp3) is 0.750. The number of hydrogen-bond donors (Lipinski definition) is 4. The zero-order chi connectivity index (χ0) is 20.5. The van der Waals surface area contributed by atoms with Crippen LogP contribution in [0.15, 0.2) is 0 Å². The van der Waals surface area contributed by atoms with Gasteiger partial charge in [-0.2, -0.15) is 0 Å². The van der Waals surface area contributed by atoms with Gasteiger partial charge in [0, 0.05) is 13.1 Å². The summed E-state index contributed by atoms with van der Waals surface area (Å²) in [7, 11) is 0. The van der Waals surface area contributed by atoms with E-state index in [9.17, 15) is 19.2 Å². The lowest BCUT2D eigenvalue weighted by molar-refractivity contribution is -0.141. The first kappa shape index (κ1) is 23.5. The number of amides is 3. The summed E-state index contributed by atoms with van der Waals surface area (Å²) in [6.07, 6.45) is -2.02. The van der Waals surface area contributed by atoms with Crippen LogP contribution in [0.2, 0.25) is 0 Å². The zero-order valence-corrected chi connectivity index (χ0v) is 16.1. The van der Waals surface area contributed by atoms with E-state index in [2.05, 4.69) is 16.0 Å². The summed E-state index contributed by atoms with van der Waals surface area (Å²) < 4.78 is 9.98. The summed E-state index contributed by atoms with van der Waals surface area (Å²) >= 11 is 0. The van der Waals surface area contributed by atoms with Gasteiger partial charge in [-0.15, -0.1) is 0 Å². The minimum atomic E-state index is -1.43. The molecule has 0 fully saturated rings. The van der Waals surface area contributed by atoms with Gasteiger partial charge in [-0.1, -0.05) is 0 Å². The lowest BCUT2D eigenvalue weighted by atomic mass is 10.2. The van der Waals surface area contributed by atoms with Crippen molar-refractivity contribution in [2.75, 3.05) is 13.1 Å². The molecule has 10 nitrogen and oxygen atoms in total. The molecular weight excluding hydrogens is 346 g/mol. The van der Waals surface area contributed by atoms with E-state index in [1.54, 1.807) is 41.5 Å². The highest BCUT2D eigenvalue weighted by Gasteiger charge is 2.26. The molecule has 0 aliphatic heterocycles. The second-order valence-corrected chi connectivity index (χ2v) is 7.52. The third-order valence-electron chi connectivity index (χ3n) is 2.49. The highest BCUT2D eigenvalue weighted by Crippen LogP contribution is 2.07. The summed E-state index contributed by atoms with van der Waals surface area (Å²) in [5.41, 5.74) is -1.42. The quantitative estimate of drug-likeness (QED) is 0.486. The molecule has 0 saturated heterocycles. The van der Waals surface area contributed by atoms with Crippen LogP contribution < -0.4 is 16.0 Å². The number of carboxylic acids is 1. The lowest BCUT2D eigenvalue weighted by Crippen LogP contribution is -2.46. The number of carbonyl (C=O) groups excluding carboxylic acids is 3. The predicted octanol–water partition coefficient (Wildman–Crippen LogP) is 0.995. The third-order valence-corrected chi connectivity index (χ3v) is 2.49. The largest absolute Gasteiger partial charge is 0.480 e. The fourth-order valence-electron chi connectivity index (χ4n) is 1.59. The molecule has 0 bridgehead atoms. The first-order chi connectivity index (χ1) is 11.7. The van der Waals surface area contributed by atoms with E-state index in [-0.39, 0.29) is 13.1 Å². The van der Waals surface area contributed by atoms with E-state index in [1.165, 1.54) is 0 Å². The molecule has 0 rings (SSSR count). The number of alkyl carbamates (subject to hydrolysis) is 2. The third kappa shape index (κ3) is 12.8. The van der Waals surface area contributed by atoms with Crippen LogP contribution in [0.5, 0.6) is 0 Å². The maximum absolute atomic E-state index is 11.8. The predicted molar refractivity (Wildman–Crippen MR) is 92.7 cm³/mol. The Labute approximate surface area is 153 Å². The highest BCUT2D eigenvalue weighted by atomic mass is 16.6. The summed E-state index contributed by atoms with van der Waals surface area (Å²) in [4.78, 5) is 46.0. The van der Waals surface area contributed by atoms with Crippen molar-refractivity contribution in [2.45, 2.75) is 65.2 Å². The van der Waals surface area contributed by atoms with Crippen LogP contribution in [0.25, 0.3) is 0 Å². The second kappa shape index (κ2) is 9.83. The summed E-state index contributed by atoms with van der Waals surface area (Å²) in [6, 6.07) is -1.43. The molecule has 10 heteroatoms. The highest BCUT2D eigenvalue weighted by molar-refractivity contribution is 5.87. The Hall–Kier alpha value is -2.52. The van der Waals surface area contributed by atoms with Crippen molar-refractivity contribution < 1.29 is 33.8 Å². The molecule has 0 aromatic carbocycles. The molecule has 0 spiro atoms. The van der Waals surface area contributed by atoms with Crippen LogP contribution in [-0.2, 0) is 19.1 Å². The fourth-order valence-corrected chi connectivity index (χ4v) is 1.59. The maximum atomic E-state index is 11.8. The van der Waals surface area contributed by atoms with Crippen LogP contribution in [0.1, 0.15) is 48.0 Å². The molecule has 4 N–H and O–H groups in total. The molecule has 3 amide bonds. The first-order valence-corrected chi connectivity index (χ1v) is 8.15. The van der Waals surface area contributed by atoms with E-state index >= 15 is 0 Å². The van der Waals surface area contributed by atoms with Crippen molar-refractivity contribution in [3.05, 3.63) is 0 Å². The molecule has 0 saturated carbocycles. The summed E-state index contributed by atoms with van der Waals surface area (Å²) in [6.45, 7) is 10.2. The molecular formula is C16H29N3O7. The normalized spacial score (nSPS) is 12.5. The van der Waals surface area contributed by atoms with E-state index in [0.29, 0.717) is 0 Å². The molecule has 0 unspecified atom stereocenters. The standard InChI is InChI=1S/C16H29N3O7/c1-15(2,3)25-13(23)18-8-7-17-11(20)9-10(12(21)22)19-14(24)26-16(4,5)6/h10H,7-9H2,1-6H3,(H,17,20)(H,18,23)(H,19,24)(H,21,22)/t10-/m0/s1. The van der Waals surface area contributed by atoms with Crippen LogP contribution in [0, 0.1) is 0 Å². The second-order valence-electron chi connectivity index (χ2n) is 7.52. The number of ether oxygens (including phenoxy) is 2. The van der Waals surface area contributed by atoms with Crippen LogP contribution >= 0.6 is 0 Å². The van der Waals surface area contributed by atoms with Crippen molar-refractivity contribution in [3.63, 3.8) is 0 Å². The SMILES string of the molecule is CC(C)(C)OC(=O)NCCNC(=O)C[C@H](NC(=O)OC(C)(C)C)C(=O)O. The van der Waals surface area contributed by atoms with Gasteiger partial charge < -0.3 is 30.5 Å². The summed E-state index contributed by atoms with van der Waals surface area (Å²) in [5, 5.41) is 16.1. The number of aliphatic carboxylic acids is 1. The Balaban J connectivity index is 4.26. The molecule has 26 heavy (non-hydrogen) atoms. The van der Waals surface area contributed by atoms with Gasteiger partial charge in [0.05, 0.1) is 6.42 Å². The molecule has 0 aliphatic carbocycles. The van der Waals surface area contributed by atoms with Gasteiger partial charge >= 0.3 is 18.2 Å². The molecule has 0 radical (unpaired) electrons. The minimum Gasteiger partial charge on any atom is -0.480 e. The van der Waals surface area contributed by atoms with E-state index in [1.807, 2.05) is 0 Å². The summed E-state index contributed by atoms with van der Waals surface area (Å²) in [5.74, 6) is -1.96. The number of carboxylic acid groups (broad SMARTS) is 1. The van der Waals surface area contributed by atoms with Gasteiger partial charge in [0.1, 0.15) is 17.2 Å². The van der Waals surface area contributed by atoms with Crippen LogP contribution in [0.4, 0.5) is 9.59 Å². The Morgan fingerprint density at radius 2 is 1.31 bits per heavy atom. The first-order valence-electron chi connectivity index (χ1n) is 8.15. The van der Waals surface area contributed by atoms with E-state index < -0.39 is 47.7 Å². The number of carbonyl (C=O) groups is 4. The maximum Gasteiger partial charge on any atom is 0.408 e. The van der Waals surface area contributed by atoms with Gasteiger partial charge in [0.15, 0.2) is 0 Å². The molecule has 0 aromatic rings. The minimum absolute atomic E-state index is 0.0802. The van der Waals surface area contributed by atoms with Crippen molar-refractivity contribution in [1.82, 2.24) is 16.0 Å². The Morgan fingerprint density at radius 3 is 1.77 bits per heavy atom. The number of nitrogens with one attached hydrogen (secondary N) is 3. The zero-order valence-electron chi connectivity index (χ0n) is 16.1. The Morgan fingerprint density at radius 1 is 0.846 bits per heavy atom. The van der Waals surface area contributed by atoms with Crippen molar-refractivity contribution in [1.29, 1.82) is 0 Å². The van der Waals surface area contributed by atoms with Crippen molar-refractivity contribution in [2.24, 2.45) is 0 Å². The number of rotatable bonds is 7. The van der Waals surface area contributed by atoms with E-state index in [4.69, 9.17) is 14.6 Å². The van der Waals surface area contributed by atoms with Gasteiger partial charge in [0.2, 0.25) is 5.91 Å².